The van der Waals surface area contributed by atoms with Crippen molar-refractivity contribution in [2.75, 3.05) is 10.2 Å². The Kier molecular flexibility index (Phi) is 6.87. The molecule has 0 fully saturated rings. The Morgan fingerprint density at radius 3 is 2.50 bits per heavy atom. The average molecular weight is 473 g/mol. The maximum absolute atomic E-state index is 15.1. The third kappa shape index (κ3) is 5.07. The molecule has 0 saturated carbocycles. The van der Waals surface area contributed by atoms with Crippen LogP contribution in [0.4, 0.5) is 20.3 Å². The van der Waals surface area contributed by atoms with Gasteiger partial charge in [-0.3, -0.25) is 5.21 Å². The lowest BCUT2D eigenvalue weighted by molar-refractivity contribution is 0.327. The number of halogens is 2. The first-order valence-corrected chi connectivity index (χ1v) is 10.8. The van der Waals surface area contributed by atoms with Gasteiger partial charge in [-0.25, -0.2) is 13.8 Å². The van der Waals surface area contributed by atoms with E-state index in [1.54, 1.807) is 6.07 Å². The third-order valence-corrected chi connectivity index (χ3v) is 5.68. The van der Waals surface area contributed by atoms with Crippen molar-refractivity contribution in [3.63, 3.8) is 0 Å². The van der Waals surface area contributed by atoms with Crippen molar-refractivity contribution in [2.45, 2.75) is 4.90 Å². The predicted octanol–water partition coefficient (Wildman–Crippen LogP) is 5.91. The summed E-state index contributed by atoms with van der Waals surface area (Å²) in [6.07, 6.45) is 2.37. The van der Waals surface area contributed by atoms with Crippen molar-refractivity contribution in [1.82, 2.24) is 4.98 Å². The van der Waals surface area contributed by atoms with Gasteiger partial charge in [0, 0.05) is 40.4 Å². The van der Waals surface area contributed by atoms with Crippen LogP contribution in [0.5, 0.6) is 0 Å². The monoisotopic (exact) mass is 472 g/mol. The highest BCUT2D eigenvalue weighted by Gasteiger charge is 2.18. The molecule has 0 saturated heterocycles. The first-order valence-electron chi connectivity index (χ1n) is 10.0. The van der Waals surface area contributed by atoms with Crippen molar-refractivity contribution in [3.8, 4) is 23.0 Å². The molecule has 0 aliphatic heterocycles. The normalized spacial score (nSPS) is 10.3. The fourth-order valence-electron chi connectivity index (χ4n) is 3.13. The molecule has 0 amide bonds. The maximum atomic E-state index is 15.1. The Hall–Kier alpha value is -4.19. The van der Waals surface area contributed by atoms with E-state index < -0.39 is 17.2 Å². The molecule has 34 heavy (non-hydrogen) atoms. The Labute approximate surface area is 199 Å². The largest absolute Gasteiger partial charge is 0.383 e. The minimum absolute atomic E-state index is 0.157. The number of nitrogens with two attached hydrogens (primary N) is 1. The fraction of sp³-hybridized carbons (Fsp3) is 0. The third-order valence-electron chi connectivity index (χ3n) is 4.85. The lowest BCUT2D eigenvalue weighted by Crippen LogP contribution is -2.11. The molecule has 4 aromatic rings. The minimum atomic E-state index is -1.00. The summed E-state index contributed by atoms with van der Waals surface area (Å²) < 4.78 is 30.1. The van der Waals surface area contributed by atoms with E-state index in [1.165, 1.54) is 12.3 Å². The highest BCUT2D eigenvalue weighted by Crippen LogP contribution is 2.33. The van der Waals surface area contributed by atoms with E-state index in [9.17, 15) is 9.60 Å². The summed E-state index contributed by atoms with van der Waals surface area (Å²) in [5.41, 5.74) is 7.53. The summed E-state index contributed by atoms with van der Waals surface area (Å²) in [7, 11) is 0. The molecule has 4 N–H and O–H groups in total. The van der Waals surface area contributed by atoms with Gasteiger partial charge in [0.1, 0.15) is 17.3 Å². The summed E-state index contributed by atoms with van der Waals surface area (Å²) in [6.45, 7) is 0. The van der Waals surface area contributed by atoms with E-state index in [4.69, 9.17) is 11.1 Å². The van der Waals surface area contributed by atoms with E-state index in [2.05, 4.69) is 16.8 Å². The number of hydrogen-bond donors (Lipinski definition) is 3. The van der Waals surface area contributed by atoms with Crippen LogP contribution in [-0.4, -0.2) is 16.4 Å². The summed E-state index contributed by atoms with van der Waals surface area (Å²) in [6, 6.07) is 20.8. The summed E-state index contributed by atoms with van der Waals surface area (Å²) in [5.74, 6) is 3.37. The van der Waals surface area contributed by atoms with Crippen LogP contribution in [-0.2, 0) is 0 Å². The van der Waals surface area contributed by atoms with Gasteiger partial charge < -0.3 is 11.1 Å². The molecule has 0 radical (unpaired) electrons. The molecular formula is C26H18F2N4OS. The Bertz CT molecular complexity index is 1420. The SMILES string of the molecule is N=Cc1cc(C#Cc2c(F)ccc(N(O)Sc3cccc(-c4ccccc4)c3)c2F)cnc1N. The standard InChI is InChI=1S/C26H18F2N4OS/c27-23-11-12-24(25(28)22(23)10-9-17-13-20(15-29)26(30)31-16-17)32(33)34-21-8-4-7-19(14-21)18-5-2-1-3-6-18/h1-8,11-16,29,33H,(H2,30,31). The summed E-state index contributed by atoms with van der Waals surface area (Å²) in [5, 5.41) is 17.9. The molecule has 8 heteroatoms. The Morgan fingerprint density at radius 1 is 0.971 bits per heavy atom. The molecule has 3 aromatic carbocycles. The second kappa shape index (κ2) is 10.2. The van der Waals surface area contributed by atoms with Crippen LogP contribution in [0, 0.1) is 28.9 Å². The van der Waals surface area contributed by atoms with Crippen molar-refractivity contribution in [1.29, 1.82) is 5.41 Å². The molecule has 0 spiro atoms. The second-order valence-corrected chi connectivity index (χ2v) is 8.11. The number of pyridine rings is 1. The number of hydrogen-bond acceptors (Lipinski definition) is 6. The van der Waals surface area contributed by atoms with Crippen LogP contribution in [0.2, 0.25) is 0 Å². The van der Waals surface area contributed by atoms with Crippen molar-refractivity contribution in [2.24, 2.45) is 0 Å². The Balaban J connectivity index is 1.61. The molecule has 0 aliphatic rings. The fourth-order valence-corrected chi connectivity index (χ4v) is 3.89. The molecule has 4 rings (SSSR count). The lowest BCUT2D eigenvalue weighted by atomic mass is 10.1. The molecule has 0 aliphatic carbocycles. The van der Waals surface area contributed by atoms with Gasteiger partial charge in [0.25, 0.3) is 0 Å². The van der Waals surface area contributed by atoms with Crippen molar-refractivity contribution < 1.29 is 14.0 Å². The molecule has 168 valence electrons. The van der Waals surface area contributed by atoms with Crippen LogP contribution < -0.4 is 10.2 Å². The molecule has 1 heterocycles. The average Bonchev–Trinajstić information content (AvgIpc) is 2.85. The number of aromatic nitrogens is 1. The zero-order chi connectivity index (χ0) is 24.1. The topological polar surface area (TPSA) is 86.2 Å². The van der Waals surface area contributed by atoms with Crippen LogP contribution in [0.25, 0.3) is 11.1 Å². The molecule has 0 unspecified atom stereocenters. The van der Waals surface area contributed by atoms with Gasteiger partial charge in [-0.05, 0) is 41.5 Å². The quantitative estimate of drug-likeness (QED) is 0.146. The minimum Gasteiger partial charge on any atom is -0.383 e. The van der Waals surface area contributed by atoms with Crippen LogP contribution in [0.3, 0.4) is 0 Å². The van der Waals surface area contributed by atoms with Gasteiger partial charge in [0.2, 0.25) is 0 Å². The maximum Gasteiger partial charge on any atom is 0.168 e. The summed E-state index contributed by atoms with van der Waals surface area (Å²) >= 11 is 0.885. The van der Waals surface area contributed by atoms with E-state index in [1.807, 2.05) is 48.5 Å². The van der Waals surface area contributed by atoms with Gasteiger partial charge in [0.15, 0.2) is 5.82 Å². The first kappa shape index (κ1) is 23.0. The Morgan fingerprint density at radius 2 is 1.74 bits per heavy atom. The molecule has 5 nitrogen and oxygen atoms in total. The van der Waals surface area contributed by atoms with Crippen LogP contribution in [0.15, 0.2) is 83.9 Å². The van der Waals surface area contributed by atoms with Crippen LogP contribution >= 0.6 is 11.9 Å². The van der Waals surface area contributed by atoms with Crippen molar-refractivity contribution >= 4 is 29.7 Å². The lowest BCUT2D eigenvalue weighted by Gasteiger charge is -2.17. The highest BCUT2D eigenvalue weighted by atomic mass is 32.2. The molecule has 0 bridgehead atoms. The smallest absolute Gasteiger partial charge is 0.168 e. The summed E-state index contributed by atoms with van der Waals surface area (Å²) in [4.78, 5) is 4.57. The molecular weight excluding hydrogens is 454 g/mol. The van der Waals surface area contributed by atoms with E-state index in [0.717, 1.165) is 41.4 Å². The van der Waals surface area contributed by atoms with Crippen LogP contribution in [0.1, 0.15) is 16.7 Å². The number of nitrogens with zero attached hydrogens (tertiary/aromatic N) is 2. The highest BCUT2D eigenvalue weighted by molar-refractivity contribution is 8.00. The molecule has 0 atom stereocenters. The van der Waals surface area contributed by atoms with Gasteiger partial charge in [0.05, 0.1) is 5.56 Å². The second-order valence-electron chi connectivity index (χ2n) is 7.11. The first-order chi connectivity index (χ1) is 16.5. The number of nitrogen functional groups attached to an aromatic ring is 1. The van der Waals surface area contributed by atoms with E-state index in [-0.39, 0.29) is 11.5 Å². The zero-order valence-electron chi connectivity index (χ0n) is 17.7. The van der Waals surface area contributed by atoms with E-state index in [0.29, 0.717) is 20.5 Å². The predicted molar refractivity (Wildman–Crippen MR) is 131 cm³/mol. The zero-order valence-corrected chi connectivity index (χ0v) is 18.5. The molecule has 1 aromatic heterocycles. The van der Waals surface area contributed by atoms with Crippen molar-refractivity contribution in [3.05, 3.63) is 107 Å². The number of benzene rings is 3. The number of rotatable bonds is 5. The van der Waals surface area contributed by atoms with E-state index >= 15 is 4.39 Å². The van der Waals surface area contributed by atoms with Gasteiger partial charge >= 0.3 is 0 Å². The van der Waals surface area contributed by atoms with Gasteiger partial charge in [-0.2, -0.15) is 4.47 Å². The number of anilines is 2. The van der Waals surface area contributed by atoms with Gasteiger partial charge in [-0.1, -0.05) is 54.3 Å². The number of nitrogens with one attached hydrogen (secondary N) is 1. The van der Waals surface area contributed by atoms with Gasteiger partial charge in [-0.15, -0.1) is 0 Å².